The first-order chi connectivity index (χ1) is 19.0. The summed E-state index contributed by atoms with van der Waals surface area (Å²) in [5, 5.41) is 15.5. The smallest absolute Gasteiger partial charge is 0.408 e. The second kappa shape index (κ2) is 13.2. The molecule has 0 fully saturated rings. The number of terminal acetylenes is 1. The monoisotopic (exact) mass is 543 g/mol. The fraction of sp³-hybridized carbons (Fsp3) is 0.258. The van der Waals surface area contributed by atoms with Gasteiger partial charge in [0.1, 0.15) is 29.2 Å². The van der Waals surface area contributed by atoms with Crippen molar-refractivity contribution in [2.75, 3.05) is 12.4 Å². The Kier molecular flexibility index (Phi) is 9.76. The predicted octanol–water partition coefficient (Wildman–Crippen LogP) is 4.64. The number of hydrogen-bond acceptors (Lipinski definition) is 6. The summed E-state index contributed by atoms with van der Waals surface area (Å²) >= 11 is 0. The second-order valence-corrected chi connectivity index (χ2v) is 9.94. The molecule has 3 aromatic carbocycles. The number of aromatic hydroxyl groups is 1. The number of phenolic OH excluding ortho intramolecular Hbond substituents is 1. The molecular weight excluding hydrogens is 510 g/mol. The summed E-state index contributed by atoms with van der Waals surface area (Å²) in [6, 6.07) is 21.4. The van der Waals surface area contributed by atoms with Crippen molar-refractivity contribution in [1.29, 1.82) is 0 Å². The zero-order valence-electron chi connectivity index (χ0n) is 22.9. The fourth-order valence-electron chi connectivity index (χ4n) is 3.93. The van der Waals surface area contributed by atoms with Crippen LogP contribution >= 0.6 is 0 Å². The van der Waals surface area contributed by atoms with Gasteiger partial charge in [0.25, 0.3) is 11.8 Å². The fourth-order valence-corrected chi connectivity index (χ4v) is 3.93. The van der Waals surface area contributed by atoms with Crippen LogP contribution in [-0.4, -0.2) is 46.7 Å². The first kappa shape index (κ1) is 29.6. The molecule has 0 spiro atoms. The van der Waals surface area contributed by atoms with Crippen molar-refractivity contribution in [1.82, 2.24) is 10.2 Å². The van der Waals surface area contributed by atoms with Crippen molar-refractivity contribution in [3.8, 4) is 24.0 Å². The molecule has 0 aromatic heterocycles. The number of hydrogen-bond donors (Lipinski definition) is 3. The molecule has 9 heteroatoms. The Morgan fingerprint density at radius 1 is 1.00 bits per heavy atom. The molecule has 2 unspecified atom stereocenters. The van der Waals surface area contributed by atoms with Gasteiger partial charge in [0.2, 0.25) is 0 Å². The number of nitrogens with zero attached hydrogens (tertiary/aromatic N) is 1. The zero-order chi connectivity index (χ0) is 29.3. The molecule has 0 aliphatic heterocycles. The Morgan fingerprint density at radius 2 is 1.68 bits per heavy atom. The molecule has 0 radical (unpaired) electrons. The highest BCUT2D eigenvalue weighted by atomic mass is 16.6. The van der Waals surface area contributed by atoms with Crippen LogP contribution in [0, 0.1) is 12.5 Å². The van der Waals surface area contributed by atoms with Gasteiger partial charge >= 0.3 is 6.09 Å². The van der Waals surface area contributed by atoms with E-state index in [0.29, 0.717) is 11.4 Å². The van der Waals surface area contributed by atoms with E-state index in [1.54, 1.807) is 75.4 Å². The van der Waals surface area contributed by atoms with Crippen molar-refractivity contribution >= 4 is 23.6 Å². The first-order valence-corrected chi connectivity index (χ1v) is 12.6. The highest BCUT2D eigenvalue weighted by Gasteiger charge is 2.36. The lowest BCUT2D eigenvalue weighted by Crippen LogP contribution is -2.51. The van der Waals surface area contributed by atoms with E-state index in [0.717, 1.165) is 10.5 Å². The zero-order valence-corrected chi connectivity index (χ0v) is 22.9. The van der Waals surface area contributed by atoms with E-state index in [9.17, 15) is 19.5 Å². The highest BCUT2D eigenvalue weighted by Crippen LogP contribution is 2.27. The minimum atomic E-state index is -1.34. The van der Waals surface area contributed by atoms with Gasteiger partial charge in [0.15, 0.2) is 0 Å². The highest BCUT2D eigenvalue weighted by molar-refractivity contribution is 5.99. The number of phenols is 1. The van der Waals surface area contributed by atoms with Crippen molar-refractivity contribution in [3.05, 3.63) is 90.0 Å². The maximum atomic E-state index is 14.0. The summed E-state index contributed by atoms with van der Waals surface area (Å²) in [6.07, 6.45) is 5.11. The lowest BCUT2D eigenvalue weighted by molar-refractivity contribution is -0.136. The van der Waals surface area contributed by atoms with E-state index in [-0.39, 0.29) is 17.7 Å². The third-order valence-corrected chi connectivity index (χ3v) is 5.70. The van der Waals surface area contributed by atoms with Crippen LogP contribution in [0.1, 0.15) is 37.9 Å². The second-order valence-electron chi connectivity index (χ2n) is 9.94. The molecule has 3 rings (SSSR count). The SMILES string of the molecule is C#CN(C(=O)C(Cc1ccccc1)NC(=O)OC(C)(C)C)C(C(=O)Nc1ccc(OC)cc1)c1cccc(O)c1. The average Bonchev–Trinajstić information content (AvgIpc) is 2.90. The van der Waals surface area contributed by atoms with Crippen molar-refractivity contribution in [2.45, 2.75) is 44.9 Å². The van der Waals surface area contributed by atoms with Gasteiger partial charge in [-0.2, -0.15) is 0 Å². The lowest BCUT2D eigenvalue weighted by atomic mass is 10.0. The van der Waals surface area contributed by atoms with Crippen LogP contribution in [0.4, 0.5) is 10.5 Å². The van der Waals surface area contributed by atoms with Crippen LogP contribution in [0.5, 0.6) is 11.5 Å². The van der Waals surface area contributed by atoms with E-state index in [1.165, 1.54) is 25.3 Å². The van der Waals surface area contributed by atoms with Crippen LogP contribution in [0.2, 0.25) is 0 Å². The molecule has 0 heterocycles. The quantitative estimate of drug-likeness (QED) is 0.268. The number of methoxy groups -OCH3 is 1. The molecule has 0 saturated heterocycles. The van der Waals surface area contributed by atoms with Crippen LogP contribution in [0.15, 0.2) is 78.9 Å². The van der Waals surface area contributed by atoms with E-state index in [2.05, 4.69) is 16.7 Å². The van der Waals surface area contributed by atoms with Gasteiger partial charge in [0.05, 0.1) is 7.11 Å². The van der Waals surface area contributed by atoms with Gasteiger partial charge in [-0.1, -0.05) is 48.9 Å². The number of amides is 3. The van der Waals surface area contributed by atoms with Gasteiger partial charge in [-0.05, 0) is 68.3 Å². The number of alkyl carbamates (subject to hydrolysis) is 1. The Morgan fingerprint density at radius 3 is 2.25 bits per heavy atom. The van der Waals surface area contributed by atoms with E-state index in [4.69, 9.17) is 15.9 Å². The molecule has 0 bridgehead atoms. The Balaban J connectivity index is 1.99. The third kappa shape index (κ3) is 8.27. The molecule has 0 aliphatic rings. The van der Waals surface area contributed by atoms with Gasteiger partial charge < -0.3 is 25.2 Å². The summed E-state index contributed by atoms with van der Waals surface area (Å²) in [5.41, 5.74) is 0.657. The molecule has 9 nitrogen and oxygen atoms in total. The number of carbonyl (C=O) groups is 3. The van der Waals surface area contributed by atoms with Crippen molar-refractivity contribution in [2.24, 2.45) is 0 Å². The van der Waals surface area contributed by atoms with Gasteiger partial charge in [-0.25, -0.2) is 4.79 Å². The number of ether oxygens (including phenoxy) is 2. The molecule has 0 saturated carbocycles. The summed E-state index contributed by atoms with van der Waals surface area (Å²) in [7, 11) is 1.53. The van der Waals surface area contributed by atoms with E-state index >= 15 is 0 Å². The molecule has 3 aromatic rings. The van der Waals surface area contributed by atoms with Gasteiger partial charge in [-0.15, -0.1) is 0 Å². The molecule has 3 N–H and O–H groups in total. The molecule has 208 valence electrons. The Bertz CT molecular complexity index is 1360. The molecule has 2 atom stereocenters. The minimum absolute atomic E-state index is 0.0873. The van der Waals surface area contributed by atoms with E-state index < -0.39 is 35.6 Å². The standard InChI is InChI=1S/C31H33N3O6/c1-6-34(29(37)26(19-21-11-8-7-9-12-21)33-30(38)40-31(2,3)4)27(22-13-10-14-24(35)20-22)28(36)32-23-15-17-25(39-5)18-16-23/h1,7-18,20,26-27,35H,19H2,2-5H3,(H,32,36)(H,33,38). The maximum Gasteiger partial charge on any atom is 0.408 e. The predicted molar refractivity (Wildman–Crippen MR) is 151 cm³/mol. The van der Waals surface area contributed by atoms with Crippen molar-refractivity contribution < 1.29 is 29.0 Å². The third-order valence-electron chi connectivity index (χ3n) is 5.70. The van der Waals surface area contributed by atoms with Crippen LogP contribution in [0.3, 0.4) is 0 Å². The van der Waals surface area contributed by atoms with Gasteiger partial charge in [-0.3, -0.25) is 14.5 Å². The van der Waals surface area contributed by atoms with Crippen LogP contribution in [0.25, 0.3) is 0 Å². The first-order valence-electron chi connectivity index (χ1n) is 12.6. The number of carbonyl (C=O) groups excluding carboxylic acids is 3. The number of rotatable bonds is 9. The largest absolute Gasteiger partial charge is 0.508 e. The van der Waals surface area contributed by atoms with Gasteiger partial charge in [0, 0.05) is 18.2 Å². The number of anilines is 1. The Labute approximate surface area is 234 Å². The Hall–Kier alpha value is -4.97. The van der Waals surface area contributed by atoms with E-state index in [1.807, 2.05) is 6.07 Å². The molecule has 3 amide bonds. The average molecular weight is 544 g/mol. The summed E-state index contributed by atoms with van der Waals surface area (Å²) < 4.78 is 10.5. The summed E-state index contributed by atoms with van der Waals surface area (Å²) in [4.78, 5) is 41.2. The normalized spacial score (nSPS) is 12.3. The molecular formula is C31H33N3O6. The topological polar surface area (TPSA) is 117 Å². The number of benzene rings is 3. The summed E-state index contributed by atoms with van der Waals surface area (Å²) in [5.74, 6) is -0.856. The lowest BCUT2D eigenvalue weighted by Gasteiger charge is -2.30. The van der Waals surface area contributed by atoms with Crippen LogP contribution < -0.4 is 15.4 Å². The minimum Gasteiger partial charge on any atom is -0.508 e. The number of nitrogens with one attached hydrogen (secondary N) is 2. The maximum absolute atomic E-state index is 14.0. The van der Waals surface area contributed by atoms with Crippen molar-refractivity contribution in [3.63, 3.8) is 0 Å². The molecule has 0 aliphatic carbocycles. The summed E-state index contributed by atoms with van der Waals surface area (Å²) in [6.45, 7) is 5.11. The van der Waals surface area contributed by atoms with Crippen LogP contribution in [-0.2, 0) is 20.7 Å². The molecule has 40 heavy (non-hydrogen) atoms.